The number of ether oxygens (including phenoxy) is 1. The third-order valence-corrected chi connectivity index (χ3v) is 4.53. The van der Waals surface area contributed by atoms with Crippen LogP contribution in [0.3, 0.4) is 0 Å². The molecule has 1 N–H and O–H groups in total. The lowest BCUT2D eigenvalue weighted by Gasteiger charge is -2.15. The first-order valence-electron chi connectivity index (χ1n) is 7.08. The number of carbonyl (C=O) groups excluding carboxylic acids is 2. The molecular formula is C16H16N2O3S. The minimum atomic E-state index is -0.452. The lowest BCUT2D eigenvalue weighted by Crippen LogP contribution is -2.29. The second-order valence-electron chi connectivity index (χ2n) is 5.22. The van der Waals surface area contributed by atoms with E-state index in [4.69, 9.17) is 0 Å². The predicted octanol–water partition coefficient (Wildman–Crippen LogP) is 2.81. The number of nitrogens with zero attached hydrogens (tertiary/aromatic N) is 1. The number of esters is 1. The molecular weight excluding hydrogens is 300 g/mol. The summed E-state index contributed by atoms with van der Waals surface area (Å²) in [7, 11) is 1.33. The summed E-state index contributed by atoms with van der Waals surface area (Å²) in [5, 5.41) is 5.47. The summed E-state index contributed by atoms with van der Waals surface area (Å²) >= 11 is 1.38. The number of benzene rings is 1. The van der Waals surface area contributed by atoms with Crippen LogP contribution >= 0.6 is 11.3 Å². The fraction of sp³-hybridized carbons (Fsp3) is 0.312. The van der Waals surface area contributed by atoms with Crippen molar-refractivity contribution in [2.75, 3.05) is 7.11 Å². The molecule has 1 aliphatic rings. The Hall–Kier alpha value is -2.21. The molecule has 6 heteroatoms. The Bertz CT molecular complexity index is 680. The molecule has 3 rings (SSSR count). The van der Waals surface area contributed by atoms with Gasteiger partial charge in [0.25, 0.3) is 5.91 Å². The van der Waals surface area contributed by atoms with Gasteiger partial charge in [0.05, 0.1) is 13.2 Å². The molecule has 0 radical (unpaired) electrons. The summed E-state index contributed by atoms with van der Waals surface area (Å²) in [6.45, 7) is 0. The van der Waals surface area contributed by atoms with Crippen LogP contribution in [0.2, 0.25) is 0 Å². The van der Waals surface area contributed by atoms with E-state index in [0.29, 0.717) is 17.2 Å². The van der Waals surface area contributed by atoms with Gasteiger partial charge in [-0.2, -0.15) is 0 Å². The molecule has 0 saturated heterocycles. The zero-order valence-corrected chi connectivity index (χ0v) is 12.9. The van der Waals surface area contributed by atoms with E-state index in [1.54, 1.807) is 17.5 Å². The molecule has 0 aliphatic heterocycles. The fourth-order valence-corrected chi connectivity index (χ4v) is 3.18. The van der Waals surface area contributed by atoms with Gasteiger partial charge < -0.3 is 10.1 Å². The largest absolute Gasteiger partial charge is 0.464 e. The molecule has 1 heterocycles. The van der Waals surface area contributed by atoms with E-state index in [1.165, 1.54) is 18.4 Å². The van der Waals surface area contributed by atoms with E-state index in [2.05, 4.69) is 15.0 Å². The highest BCUT2D eigenvalue weighted by Crippen LogP contribution is 2.42. The first kappa shape index (κ1) is 14.7. The molecule has 2 aromatic rings. The van der Waals surface area contributed by atoms with Gasteiger partial charge in [0.15, 0.2) is 5.69 Å². The second-order valence-corrected chi connectivity index (χ2v) is 6.11. The normalized spacial score (nSPS) is 15.1. The van der Waals surface area contributed by atoms with Crippen molar-refractivity contribution >= 4 is 23.2 Å². The monoisotopic (exact) mass is 316 g/mol. The standard InChI is InChI=1S/C16H16N2O3S/c1-21-16(20)12-9-22-15(17-12)13(10-7-8-10)18-14(19)11-5-3-2-4-6-11/h2-6,9-10,13H,7-8H2,1H3,(H,18,19). The van der Waals surface area contributed by atoms with Crippen LogP contribution in [0, 0.1) is 5.92 Å². The van der Waals surface area contributed by atoms with Crippen molar-refractivity contribution in [2.45, 2.75) is 18.9 Å². The van der Waals surface area contributed by atoms with Crippen LogP contribution in [0.4, 0.5) is 0 Å². The minimum absolute atomic E-state index is 0.118. The number of carbonyl (C=O) groups is 2. The van der Waals surface area contributed by atoms with Crippen molar-refractivity contribution in [3.8, 4) is 0 Å². The van der Waals surface area contributed by atoms with Crippen LogP contribution in [0.1, 0.15) is 44.7 Å². The minimum Gasteiger partial charge on any atom is -0.464 e. The molecule has 114 valence electrons. The molecule has 0 spiro atoms. The van der Waals surface area contributed by atoms with Crippen LogP contribution in [0.15, 0.2) is 35.7 Å². The zero-order valence-electron chi connectivity index (χ0n) is 12.1. The summed E-state index contributed by atoms with van der Waals surface area (Å²) in [5.41, 5.74) is 0.917. The van der Waals surface area contributed by atoms with E-state index in [-0.39, 0.29) is 11.9 Å². The highest BCUT2D eigenvalue weighted by molar-refractivity contribution is 7.09. The van der Waals surface area contributed by atoms with Gasteiger partial charge in [-0.25, -0.2) is 9.78 Å². The third kappa shape index (κ3) is 3.17. The van der Waals surface area contributed by atoms with Crippen molar-refractivity contribution in [2.24, 2.45) is 5.92 Å². The first-order chi connectivity index (χ1) is 10.7. The molecule has 1 amide bonds. The number of amides is 1. The van der Waals surface area contributed by atoms with Gasteiger partial charge in [-0.3, -0.25) is 4.79 Å². The Morgan fingerprint density at radius 3 is 2.68 bits per heavy atom. The molecule has 1 aliphatic carbocycles. The van der Waals surface area contributed by atoms with E-state index < -0.39 is 5.97 Å². The molecule has 1 saturated carbocycles. The van der Waals surface area contributed by atoms with Crippen LogP contribution in [0.5, 0.6) is 0 Å². The summed E-state index contributed by atoms with van der Waals surface area (Å²) in [4.78, 5) is 28.2. The number of methoxy groups -OCH3 is 1. The molecule has 5 nitrogen and oxygen atoms in total. The number of thiazole rings is 1. The maximum Gasteiger partial charge on any atom is 0.357 e. The smallest absolute Gasteiger partial charge is 0.357 e. The van der Waals surface area contributed by atoms with Gasteiger partial charge in [0.1, 0.15) is 5.01 Å². The van der Waals surface area contributed by atoms with Crippen molar-refractivity contribution in [1.82, 2.24) is 10.3 Å². The third-order valence-electron chi connectivity index (χ3n) is 3.60. The fourth-order valence-electron chi connectivity index (χ4n) is 2.25. The zero-order chi connectivity index (χ0) is 15.5. The highest BCUT2D eigenvalue weighted by atomic mass is 32.1. The Balaban J connectivity index is 1.77. The van der Waals surface area contributed by atoms with E-state index in [0.717, 1.165) is 17.8 Å². The SMILES string of the molecule is COC(=O)c1csc(C(NC(=O)c2ccccc2)C2CC2)n1. The number of rotatable bonds is 5. The summed E-state index contributed by atoms with van der Waals surface area (Å²) in [6, 6.07) is 8.95. The van der Waals surface area contributed by atoms with Gasteiger partial charge in [-0.15, -0.1) is 11.3 Å². The quantitative estimate of drug-likeness (QED) is 0.861. The number of hydrogen-bond acceptors (Lipinski definition) is 5. The number of nitrogens with one attached hydrogen (secondary N) is 1. The predicted molar refractivity (Wildman–Crippen MR) is 82.8 cm³/mol. The van der Waals surface area contributed by atoms with E-state index in [9.17, 15) is 9.59 Å². The van der Waals surface area contributed by atoms with Crippen LogP contribution < -0.4 is 5.32 Å². The Morgan fingerprint density at radius 1 is 1.32 bits per heavy atom. The van der Waals surface area contributed by atoms with Crippen molar-refractivity contribution in [1.29, 1.82) is 0 Å². The molecule has 1 aromatic heterocycles. The van der Waals surface area contributed by atoms with Gasteiger partial charge in [-0.05, 0) is 30.9 Å². The van der Waals surface area contributed by atoms with Gasteiger partial charge >= 0.3 is 5.97 Å². The maximum atomic E-state index is 12.3. The second kappa shape index (κ2) is 6.27. The number of aromatic nitrogens is 1. The molecule has 0 bridgehead atoms. The summed E-state index contributed by atoms with van der Waals surface area (Å²) in [6.07, 6.45) is 2.12. The van der Waals surface area contributed by atoms with Gasteiger partial charge in [0.2, 0.25) is 0 Å². The average Bonchev–Trinajstić information content (AvgIpc) is 3.28. The van der Waals surface area contributed by atoms with Crippen LogP contribution in [-0.4, -0.2) is 24.0 Å². The lowest BCUT2D eigenvalue weighted by molar-refractivity contribution is 0.0594. The van der Waals surface area contributed by atoms with Crippen molar-refractivity contribution in [3.63, 3.8) is 0 Å². The summed E-state index contributed by atoms with van der Waals surface area (Å²) < 4.78 is 4.67. The van der Waals surface area contributed by atoms with E-state index >= 15 is 0 Å². The number of hydrogen-bond donors (Lipinski definition) is 1. The van der Waals surface area contributed by atoms with Crippen molar-refractivity contribution in [3.05, 3.63) is 52.0 Å². The Labute approximate surface area is 132 Å². The molecule has 22 heavy (non-hydrogen) atoms. The Morgan fingerprint density at radius 2 is 2.05 bits per heavy atom. The van der Waals surface area contributed by atoms with E-state index in [1.807, 2.05) is 18.2 Å². The van der Waals surface area contributed by atoms with Crippen LogP contribution in [0.25, 0.3) is 0 Å². The summed E-state index contributed by atoms with van der Waals surface area (Å²) in [5.74, 6) is -0.178. The van der Waals surface area contributed by atoms with Gasteiger partial charge in [-0.1, -0.05) is 18.2 Å². The maximum absolute atomic E-state index is 12.3. The molecule has 1 atom stereocenters. The van der Waals surface area contributed by atoms with Crippen molar-refractivity contribution < 1.29 is 14.3 Å². The van der Waals surface area contributed by atoms with Gasteiger partial charge in [0, 0.05) is 10.9 Å². The Kier molecular flexibility index (Phi) is 4.20. The van der Waals surface area contributed by atoms with Crippen LogP contribution in [-0.2, 0) is 4.74 Å². The highest BCUT2D eigenvalue weighted by Gasteiger charge is 2.35. The topological polar surface area (TPSA) is 68.3 Å². The first-order valence-corrected chi connectivity index (χ1v) is 7.96. The molecule has 1 unspecified atom stereocenters. The average molecular weight is 316 g/mol. The lowest BCUT2D eigenvalue weighted by atomic mass is 10.1. The molecule has 1 fully saturated rings. The molecule has 1 aromatic carbocycles.